The highest BCUT2D eigenvalue weighted by Gasteiger charge is 2.08. The molecule has 0 atom stereocenters. The van der Waals surface area contributed by atoms with Crippen LogP contribution < -0.4 is 20.3 Å². The van der Waals surface area contributed by atoms with E-state index in [9.17, 15) is 9.59 Å². The van der Waals surface area contributed by atoms with Gasteiger partial charge in [-0.2, -0.15) is 0 Å². The van der Waals surface area contributed by atoms with E-state index in [-0.39, 0.29) is 6.61 Å². The van der Waals surface area contributed by atoms with E-state index in [2.05, 4.69) is 10.9 Å². The molecular formula is C19H21ClN2O4. The van der Waals surface area contributed by atoms with Crippen molar-refractivity contribution < 1.29 is 19.1 Å². The number of carbonyl (C=O) groups excluding carboxylic acids is 2. The van der Waals surface area contributed by atoms with Crippen molar-refractivity contribution in [2.45, 2.75) is 20.3 Å². The highest BCUT2D eigenvalue weighted by atomic mass is 35.5. The maximum atomic E-state index is 12.0. The Labute approximate surface area is 157 Å². The Kier molecular flexibility index (Phi) is 7.29. The van der Waals surface area contributed by atoms with E-state index >= 15 is 0 Å². The zero-order valence-corrected chi connectivity index (χ0v) is 15.4. The zero-order valence-electron chi connectivity index (χ0n) is 14.7. The fraction of sp³-hybridized carbons (Fsp3) is 0.263. The standard InChI is InChI=1S/C19H21ClN2O4/c1-3-10-25-15-6-4-14(5-7-15)19(24)22-21-18(23)12-26-16-8-9-17(20)13(2)11-16/h4-9,11H,3,10,12H2,1-2H3,(H,21,23)(H,22,24). The summed E-state index contributed by atoms with van der Waals surface area (Å²) in [7, 11) is 0. The Balaban J connectivity index is 1.77. The second-order valence-corrected chi connectivity index (χ2v) is 5.98. The summed E-state index contributed by atoms with van der Waals surface area (Å²) >= 11 is 5.93. The van der Waals surface area contributed by atoms with Crippen molar-refractivity contribution in [3.8, 4) is 11.5 Å². The van der Waals surface area contributed by atoms with Crippen LogP contribution in [0.4, 0.5) is 0 Å². The van der Waals surface area contributed by atoms with Crippen LogP contribution in [0.15, 0.2) is 42.5 Å². The van der Waals surface area contributed by atoms with Gasteiger partial charge in [-0.1, -0.05) is 18.5 Å². The molecule has 0 bridgehead atoms. The number of hydrogen-bond donors (Lipinski definition) is 2. The van der Waals surface area contributed by atoms with Crippen LogP contribution in [-0.4, -0.2) is 25.0 Å². The number of benzene rings is 2. The molecular weight excluding hydrogens is 356 g/mol. The Morgan fingerprint density at radius 1 is 1.00 bits per heavy atom. The topological polar surface area (TPSA) is 76.7 Å². The summed E-state index contributed by atoms with van der Waals surface area (Å²) < 4.78 is 10.8. The molecule has 0 fully saturated rings. The number of nitrogens with one attached hydrogen (secondary N) is 2. The monoisotopic (exact) mass is 376 g/mol. The maximum Gasteiger partial charge on any atom is 0.276 e. The van der Waals surface area contributed by atoms with E-state index in [1.807, 2.05) is 13.8 Å². The van der Waals surface area contributed by atoms with Crippen LogP contribution in [0.3, 0.4) is 0 Å². The largest absolute Gasteiger partial charge is 0.494 e. The minimum absolute atomic E-state index is 0.231. The molecule has 2 rings (SSSR count). The number of amides is 2. The van der Waals surface area contributed by atoms with E-state index in [0.29, 0.717) is 28.7 Å². The van der Waals surface area contributed by atoms with E-state index in [4.69, 9.17) is 21.1 Å². The molecule has 0 saturated heterocycles. The van der Waals surface area contributed by atoms with Crippen LogP contribution in [-0.2, 0) is 4.79 Å². The number of ether oxygens (including phenoxy) is 2. The lowest BCUT2D eigenvalue weighted by Crippen LogP contribution is -2.43. The molecule has 2 aromatic rings. The molecule has 0 heterocycles. The van der Waals surface area contributed by atoms with Gasteiger partial charge in [-0.25, -0.2) is 0 Å². The fourth-order valence-corrected chi connectivity index (χ4v) is 2.13. The molecule has 138 valence electrons. The summed E-state index contributed by atoms with van der Waals surface area (Å²) in [6.45, 7) is 4.25. The van der Waals surface area contributed by atoms with Gasteiger partial charge in [-0.05, 0) is 61.4 Å². The summed E-state index contributed by atoms with van der Waals surface area (Å²) in [4.78, 5) is 23.8. The van der Waals surface area contributed by atoms with Gasteiger partial charge < -0.3 is 9.47 Å². The Hall–Kier alpha value is -2.73. The summed E-state index contributed by atoms with van der Waals surface area (Å²) in [6, 6.07) is 11.8. The van der Waals surface area contributed by atoms with Crippen molar-refractivity contribution in [3.63, 3.8) is 0 Å². The summed E-state index contributed by atoms with van der Waals surface area (Å²) in [6.07, 6.45) is 0.909. The first-order valence-electron chi connectivity index (χ1n) is 8.20. The number of carbonyl (C=O) groups is 2. The van der Waals surface area contributed by atoms with Crippen LogP contribution >= 0.6 is 11.6 Å². The van der Waals surface area contributed by atoms with Crippen molar-refractivity contribution >= 4 is 23.4 Å². The highest BCUT2D eigenvalue weighted by molar-refractivity contribution is 6.31. The quantitative estimate of drug-likeness (QED) is 0.727. The van der Waals surface area contributed by atoms with Crippen LogP contribution in [0, 0.1) is 6.92 Å². The SMILES string of the molecule is CCCOc1ccc(C(=O)NNC(=O)COc2ccc(Cl)c(C)c2)cc1. The molecule has 0 spiro atoms. The third kappa shape index (κ3) is 5.97. The van der Waals surface area contributed by atoms with Gasteiger partial charge in [0.1, 0.15) is 11.5 Å². The predicted molar refractivity (Wildman–Crippen MR) is 99.5 cm³/mol. The first-order chi connectivity index (χ1) is 12.5. The van der Waals surface area contributed by atoms with Crippen molar-refractivity contribution in [3.05, 3.63) is 58.6 Å². The molecule has 0 unspecified atom stereocenters. The number of hydrogen-bond acceptors (Lipinski definition) is 4. The van der Waals surface area contributed by atoms with E-state index in [1.165, 1.54) is 0 Å². The van der Waals surface area contributed by atoms with Gasteiger partial charge in [-0.3, -0.25) is 20.4 Å². The van der Waals surface area contributed by atoms with Gasteiger partial charge in [0, 0.05) is 10.6 Å². The van der Waals surface area contributed by atoms with Crippen molar-refractivity contribution in [2.75, 3.05) is 13.2 Å². The number of aryl methyl sites for hydroxylation is 1. The van der Waals surface area contributed by atoms with E-state index in [1.54, 1.807) is 42.5 Å². The first-order valence-corrected chi connectivity index (χ1v) is 8.58. The molecule has 7 heteroatoms. The minimum atomic E-state index is -0.478. The lowest BCUT2D eigenvalue weighted by atomic mass is 10.2. The highest BCUT2D eigenvalue weighted by Crippen LogP contribution is 2.20. The molecule has 0 aromatic heterocycles. The number of rotatable bonds is 7. The van der Waals surface area contributed by atoms with Gasteiger partial charge in [0.05, 0.1) is 6.61 Å². The van der Waals surface area contributed by atoms with Crippen molar-refractivity contribution in [2.24, 2.45) is 0 Å². The zero-order chi connectivity index (χ0) is 18.9. The Morgan fingerprint density at radius 2 is 1.69 bits per heavy atom. The van der Waals surface area contributed by atoms with Crippen LogP contribution in [0.1, 0.15) is 29.3 Å². The maximum absolute atomic E-state index is 12.0. The summed E-state index contributed by atoms with van der Waals surface area (Å²) in [5, 5.41) is 0.625. The molecule has 6 nitrogen and oxygen atoms in total. The second kappa shape index (κ2) is 9.68. The van der Waals surface area contributed by atoms with E-state index in [0.717, 1.165) is 12.0 Å². The lowest BCUT2D eigenvalue weighted by Gasteiger charge is -2.10. The van der Waals surface area contributed by atoms with E-state index < -0.39 is 11.8 Å². The van der Waals surface area contributed by atoms with Gasteiger partial charge in [0.25, 0.3) is 11.8 Å². The molecule has 2 amide bonds. The third-order valence-electron chi connectivity index (χ3n) is 3.40. The Morgan fingerprint density at radius 3 is 2.35 bits per heavy atom. The van der Waals surface area contributed by atoms with Gasteiger partial charge in [-0.15, -0.1) is 0 Å². The molecule has 26 heavy (non-hydrogen) atoms. The van der Waals surface area contributed by atoms with Crippen molar-refractivity contribution in [1.29, 1.82) is 0 Å². The number of hydrazine groups is 1. The van der Waals surface area contributed by atoms with Gasteiger partial charge in [0.15, 0.2) is 6.61 Å². The van der Waals surface area contributed by atoms with Crippen LogP contribution in [0.5, 0.6) is 11.5 Å². The Bertz CT molecular complexity index is 763. The summed E-state index contributed by atoms with van der Waals surface area (Å²) in [5.41, 5.74) is 5.90. The fourth-order valence-electron chi connectivity index (χ4n) is 2.01. The smallest absolute Gasteiger partial charge is 0.276 e. The summed E-state index contributed by atoms with van der Waals surface area (Å²) in [5.74, 6) is 0.312. The second-order valence-electron chi connectivity index (χ2n) is 5.57. The predicted octanol–water partition coefficient (Wildman–Crippen LogP) is 3.28. The molecule has 0 aliphatic heterocycles. The lowest BCUT2D eigenvalue weighted by molar-refractivity contribution is -0.123. The van der Waals surface area contributed by atoms with Crippen LogP contribution in [0.25, 0.3) is 0 Å². The molecule has 2 N–H and O–H groups in total. The van der Waals surface area contributed by atoms with Crippen molar-refractivity contribution in [1.82, 2.24) is 10.9 Å². The van der Waals surface area contributed by atoms with Gasteiger partial charge in [0.2, 0.25) is 0 Å². The molecule has 0 aliphatic carbocycles. The average Bonchev–Trinajstić information content (AvgIpc) is 2.65. The van der Waals surface area contributed by atoms with Gasteiger partial charge >= 0.3 is 0 Å². The van der Waals surface area contributed by atoms with Crippen LogP contribution in [0.2, 0.25) is 5.02 Å². The first kappa shape index (κ1) is 19.6. The molecule has 0 saturated carbocycles. The molecule has 0 radical (unpaired) electrons. The third-order valence-corrected chi connectivity index (χ3v) is 3.83. The minimum Gasteiger partial charge on any atom is -0.494 e. The molecule has 0 aliphatic rings. The molecule has 2 aromatic carbocycles. The average molecular weight is 377 g/mol. The normalized spacial score (nSPS) is 10.1. The number of halogens is 1.